The fourth-order valence-electron chi connectivity index (χ4n) is 2.12. The molecular weight excluding hydrogens is 266 g/mol. The Morgan fingerprint density at radius 2 is 1.85 bits per heavy atom. The monoisotopic (exact) mass is 285 g/mol. The van der Waals surface area contributed by atoms with Crippen molar-refractivity contribution in [3.63, 3.8) is 0 Å². The van der Waals surface area contributed by atoms with E-state index in [4.69, 9.17) is 10.8 Å². The topological polar surface area (TPSA) is 46.2 Å². The van der Waals surface area contributed by atoms with Gasteiger partial charge in [0.2, 0.25) is 0 Å². The van der Waals surface area contributed by atoms with E-state index in [1.54, 1.807) is 11.8 Å². The van der Waals surface area contributed by atoms with Crippen LogP contribution in [0.2, 0.25) is 0 Å². The van der Waals surface area contributed by atoms with Crippen LogP contribution in [0.25, 0.3) is 4.91 Å². The second-order valence-electron chi connectivity index (χ2n) is 4.55. The smallest absolute Gasteiger partial charge is 0.0434 e. The number of benzene rings is 2. The molecule has 0 aliphatic carbocycles. The Balaban J connectivity index is 2.24. The Bertz CT molecular complexity index is 581. The SMILES string of the molecule is C=C(Sc1ccccc1)c1c(N)cccc1CCCO. The average molecular weight is 285 g/mol. The maximum absolute atomic E-state index is 9.00. The van der Waals surface area contributed by atoms with Crippen LogP contribution in [0.3, 0.4) is 0 Å². The third-order valence-corrected chi connectivity index (χ3v) is 4.01. The number of rotatable bonds is 6. The molecule has 0 saturated carbocycles. The number of hydrogen-bond acceptors (Lipinski definition) is 3. The van der Waals surface area contributed by atoms with Crippen molar-refractivity contribution in [3.05, 3.63) is 66.2 Å². The number of aryl methyl sites for hydroxylation is 1. The first-order valence-corrected chi connectivity index (χ1v) is 7.44. The number of aliphatic hydroxyl groups excluding tert-OH is 1. The Labute approximate surface area is 124 Å². The number of thioether (sulfide) groups is 1. The van der Waals surface area contributed by atoms with E-state index in [1.807, 2.05) is 30.3 Å². The molecule has 0 amide bonds. The summed E-state index contributed by atoms with van der Waals surface area (Å²) >= 11 is 1.62. The van der Waals surface area contributed by atoms with E-state index in [9.17, 15) is 0 Å². The van der Waals surface area contributed by atoms with Gasteiger partial charge in [0, 0.05) is 27.7 Å². The second-order valence-corrected chi connectivity index (χ2v) is 5.72. The number of aliphatic hydroxyl groups is 1. The van der Waals surface area contributed by atoms with Crippen LogP contribution in [-0.2, 0) is 6.42 Å². The van der Waals surface area contributed by atoms with Crippen LogP contribution in [0.4, 0.5) is 5.69 Å². The van der Waals surface area contributed by atoms with Crippen molar-refractivity contribution < 1.29 is 5.11 Å². The quantitative estimate of drug-likeness (QED) is 0.624. The first-order valence-electron chi connectivity index (χ1n) is 6.62. The summed E-state index contributed by atoms with van der Waals surface area (Å²) < 4.78 is 0. The second kappa shape index (κ2) is 7.17. The van der Waals surface area contributed by atoms with Gasteiger partial charge in [-0.25, -0.2) is 0 Å². The standard InChI is InChI=1S/C17H19NOS/c1-13(20-15-9-3-2-4-10-15)17-14(8-6-12-19)7-5-11-16(17)18/h2-5,7,9-11,19H,1,6,8,12,18H2. The van der Waals surface area contributed by atoms with E-state index in [0.29, 0.717) is 0 Å². The molecule has 2 rings (SSSR count). The number of nitrogen functional groups attached to an aromatic ring is 1. The molecule has 0 radical (unpaired) electrons. The van der Waals surface area contributed by atoms with Crippen LogP contribution in [0, 0.1) is 0 Å². The van der Waals surface area contributed by atoms with Gasteiger partial charge in [-0.05, 0) is 36.6 Å². The molecule has 2 aromatic rings. The molecule has 0 bridgehead atoms. The lowest BCUT2D eigenvalue weighted by atomic mass is 10.0. The first-order chi connectivity index (χ1) is 9.72. The van der Waals surface area contributed by atoms with Crippen molar-refractivity contribution in [1.29, 1.82) is 0 Å². The molecule has 0 unspecified atom stereocenters. The minimum absolute atomic E-state index is 0.187. The van der Waals surface area contributed by atoms with E-state index in [0.717, 1.165) is 39.5 Å². The molecule has 3 heteroatoms. The van der Waals surface area contributed by atoms with Crippen LogP contribution in [0.1, 0.15) is 17.5 Å². The largest absolute Gasteiger partial charge is 0.398 e. The maximum atomic E-state index is 9.00. The molecule has 0 heterocycles. The van der Waals surface area contributed by atoms with Crippen molar-refractivity contribution in [2.75, 3.05) is 12.3 Å². The summed E-state index contributed by atoms with van der Waals surface area (Å²) in [4.78, 5) is 2.09. The summed E-state index contributed by atoms with van der Waals surface area (Å²) in [5.41, 5.74) is 9.01. The van der Waals surface area contributed by atoms with Crippen molar-refractivity contribution in [2.45, 2.75) is 17.7 Å². The molecular formula is C17H19NOS. The van der Waals surface area contributed by atoms with E-state index in [2.05, 4.69) is 24.8 Å². The number of anilines is 1. The van der Waals surface area contributed by atoms with Crippen LogP contribution < -0.4 is 5.73 Å². The van der Waals surface area contributed by atoms with Crippen molar-refractivity contribution in [2.24, 2.45) is 0 Å². The highest BCUT2D eigenvalue weighted by Crippen LogP contribution is 2.37. The van der Waals surface area contributed by atoms with Crippen LogP contribution in [-0.4, -0.2) is 11.7 Å². The Kier molecular flexibility index (Phi) is 5.27. The average Bonchev–Trinajstić information content (AvgIpc) is 2.46. The summed E-state index contributed by atoms with van der Waals surface area (Å²) in [6.45, 7) is 4.36. The number of nitrogens with two attached hydrogens (primary N) is 1. The van der Waals surface area contributed by atoms with Crippen LogP contribution in [0.5, 0.6) is 0 Å². The minimum atomic E-state index is 0.187. The Morgan fingerprint density at radius 1 is 1.10 bits per heavy atom. The molecule has 3 N–H and O–H groups in total. The molecule has 0 spiro atoms. The molecule has 0 aliphatic heterocycles. The zero-order valence-electron chi connectivity index (χ0n) is 11.4. The van der Waals surface area contributed by atoms with Gasteiger partial charge in [0.1, 0.15) is 0 Å². The fourth-order valence-corrected chi connectivity index (χ4v) is 3.05. The summed E-state index contributed by atoms with van der Waals surface area (Å²) in [5, 5.41) is 9.00. The summed E-state index contributed by atoms with van der Waals surface area (Å²) in [6, 6.07) is 16.0. The zero-order chi connectivity index (χ0) is 14.4. The molecule has 0 saturated heterocycles. The molecule has 0 fully saturated rings. The minimum Gasteiger partial charge on any atom is -0.398 e. The predicted molar refractivity (Wildman–Crippen MR) is 87.6 cm³/mol. The lowest BCUT2D eigenvalue weighted by Gasteiger charge is -2.14. The van der Waals surface area contributed by atoms with Gasteiger partial charge in [0.05, 0.1) is 0 Å². The van der Waals surface area contributed by atoms with Crippen molar-refractivity contribution >= 4 is 22.4 Å². The lowest BCUT2D eigenvalue weighted by molar-refractivity contribution is 0.288. The highest BCUT2D eigenvalue weighted by molar-refractivity contribution is 8.08. The highest BCUT2D eigenvalue weighted by Gasteiger charge is 2.11. The van der Waals surface area contributed by atoms with E-state index >= 15 is 0 Å². The van der Waals surface area contributed by atoms with Gasteiger partial charge in [-0.2, -0.15) is 0 Å². The molecule has 104 valence electrons. The van der Waals surface area contributed by atoms with Crippen LogP contribution >= 0.6 is 11.8 Å². The van der Waals surface area contributed by atoms with Gasteiger partial charge < -0.3 is 10.8 Å². The number of hydrogen-bond donors (Lipinski definition) is 2. The van der Waals surface area contributed by atoms with Gasteiger partial charge in [-0.15, -0.1) is 0 Å². The molecule has 2 aromatic carbocycles. The third kappa shape index (κ3) is 3.65. The lowest BCUT2D eigenvalue weighted by Crippen LogP contribution is -1.99. The molecule has 20 heavy (non-hydrogen) atoms. The predicted octanol–water partition coefficient (Wildman–Crippen LogP) is 3.96. The van der Waals surface area contributed by atoms with Gasteiger partial charge in [0.15, 0.2) is 0 Å². The van der Waals surface area contributed by atoms with Crippen molar-refractivity contribution in [3.8, 4) is 0 Å². The normalized spacial score (nSPS) is 10.4. The Morgan fingerprint density at radius 3 is 2.55 bits per heavy atom. The first kappa shape index (κ1) is 14.7. The van der Waals surface area contributed by atoms with Gasteiger partial charge in [0.25, 0.3) is 0 Å². The van der Waals surface area contributed by atoms with Gasteiger partial charge >= 0.3 is 0 Å². The summed E-state index contributed by atoms with van der Waals surface area (Å²) in [6.07, 6.45) is 1.55. The fraction of sp³-hybridized carbons (Fsp3) is 0.176. The van der Waals surface area contributed by atoms with E-state index in [1.165, 1.54) is 0 Å². The molecule has 0 aromatic heterocycles. The van der Waals surface area contributed by atoms with Gasteiger partial charge in [-0.1, -0.05) is 48.7 Å². The summed E-state index contributed by atoms with van der Waals surface area (Å²) in [5.74, 6) is 0. The molecule has 2 nitrogen and oxygen atoms in total. The van der Waals surface area contributed by atoms with Crippen molar-refractivity contribution in [1.82, 2.24) is 0 Å². The maximum Gasteiger partial charge on any atom is 0.0434 e. The Hall–Kier alpha value is -1.71. The van der Waals surface area contributed by atoms with E-state index in [-0.39, 0.29) is 6.61 Å². The molecule has 0 aliphatic rings. The third-order valence-electron chi connectivity index (χ3n) is 3.05. The van der Waals surface area contributed by atoms with Crippen LogP contribution in [0.15, 0.2) is 60.0 Å². The molecule has 0 atom stereocenters. The van der Waals surface area contributed by atoms with E-state index < -0.39 is 0 Å². The van der Waals surface area contributed by atoms with Gasteiger partial charge in [-0.3, -0.25) is 0 Å². The summed E-state index contributed by atoms with van der Waals surface area (Å²) in [7, 11) is 0. The highest BCUT2D eigenvalue weighted by atomic mass is 32.2. The zero-order valence-corrected chi connectivity index (χ0v) is 12.2.